The van der Waals surface area contributed by atoms with Gasteiger partial charge in [-0.3, -0.25) is 4.98 Å². The molecule has 0 radical (unpaired) electrons. The molecule has 0 bridgehead atoms. The van der Waals surface area contributed by atoms with Crippen LogP contribution < -0.4 is 9.64 Å². The molecule has 6 nitrogen and oxygen atoms in total. The zero-order chi connectivity index (χ0) is 19.1. The van der Waals surface area contributed by atoms with E-state index in [0.29, 0.717) is 16.7 Å². The minimum atomic E-state index is -0.249. The van der Waals surface area contributed by atoms with Gasteiger partial charge in [0, 0.05) is 24.1 Å². The van der Waals surface area contributed by atoms with Gasteiger partial charge in [-0.25, -0.2) is 4.39 Å². The van der Waals surface area contributed by atoms with Gasteiger partial charge in [-0.1, -0.05) is 0 Å². The van der Waals surface area contributed by atoms with Crippen LogP contribution in [0.4, 0.5) is 15.8 Å². The van der Waals surface area contributed by atoms with Crippen LogP contribution in [-0.4, -0.2) is 26.6 Å². The molecule has 0 saturated heterocycles. The molecule has 3 heterocycles. The maximum absolute atomic E-state index is 13.2. The van der Waals surface area contributed by atoms with Crippen molar-refractivity contribution in [1.29, 1.82) is 0 Å². The van der Waals surface area contributed by atoms with E-state index in [-0.39, 0.29) is 17.7 Å². The average Bonchev–Trinajstić information content (AvgIpc) is 3.12. The van der Waals surface area contributed by atoms with Gasteiger partial charge in [-0.2, -0.15) is 9.97 Å². The van der Waals surface area contributed by atoms with Crippen molar-refractivity contribution >= 4 is 22.3 Å². The first kappa shape index (κ1) is 16.4. The summed E-state index contributed by atoms with van der Waals surface area (Å²) in [5.41, 5.74) is 3.64. The van der Waals surface area contributed by atoms with Gasteiger partial charge in [0.1, 0.15) is 11.6 Å². The number of hydrogen-bond donors (Lipinski definition) is 1. The number of benzene rings is 2. The van der Waals surface area contributed by atoms with Crippen molar-refractivity contribution in [3.8, 4) is 17.6 Å². The standard InChI is InChI=1S/C21H15FN4O2/c22-14-1-3-15(4-2-14)26-10-8-13-11-16(5-6-19(13)26)28-21-24-18-12-23-9-7-17(18)20(27)25-21/h1-7,9,11-12H,8,10H2,(H,24,25,27). The van der Waals surface area contributed by atoms with Gasteiger partial charge in [0.25, 0.3) is 0 Å². The van der Waals surface area contributed by atoms with Crippen molar-refractivity contribution in [2.75, 3.05) is 11.4 Å². The predicted octanol–water partition coefficient (Wildman–Crippen LogP) is 4.36. The molecule has 1 aliphatic rings. The molecule has 7 heteroatoms. The topological polar surface area (TPSA) is 71.4 Å². The van der Waals surface area contributed by atoms with E-state index in [1.807, 2.05) is 18.2 Å². The summed E-state index contributed by atoms with van der Waals surface area (Å²) in [6, 6.07) is 13.9. The van der Waals surface area contributed by atoms with Crippen molar-refractivity contribution in [3.63, 3.8) is 0 Å². The molecule has 0 fully saturated rings. The van der Waals surface area contributed by atoms with E-state index in [1.165, 1.54) is 12.1 Å². The Bertz CT molecular complexity index is 1180. The van der Waals surface area contributed by atoms with Gasteiger partial charge in [0.15, 0.2) is 0 Å². The van der Waals surface area contributed by atoms with E-state index in [1.54, 1.807) is 30.6 Å². The van der Waals surface area contributed by atoms with Crippen LogP contribution in [0.5, 0.6) is 17.6 Å². The van der Waals surface area contributed by atoms with Gasteiger partial charge in [-0.05, 0) is 60.5 Å². The Kier molecular flexibility index (Phi) is 3.79. The molecule has 0 saturated carbocycles. The Labute approximate surface area is 159 Å². The van der Waals surface area contributed by atoms with Crippen molar-refractivity contribution in [3.05, 3.63) is 72.3 Å². The molecule has 5 rings (SSSR count). The van der Waals surface area contributed by atoms with Crippen LogP contribution in [0.25, 0.3) is 10.9 Å². The Balaban J connectivity index is 1.43. The van der Waals surface area contributed by atoms with E-state index in [0.717, 1.165) is 29.9 Å². The lowest BCUT2D eigenvalue weighted by atomic mass is 10.1. The number of nitrogens with zero attached hydrogens (tertiary/aromatic N) is 4. The van der Waals surface area contributed by atoms with E-state index in [4.69, 9.17) is 4.74 Å². The third-order valence-electron chi connectivity index (χ3n) is 4.75. The van der Waals surface area contributed by atoms with E-state index in [9.17, 15) is 9.50 Å². The summed E-state index contributed by atoms with van der Waals surface area (Å²) in [5, 5.41) is 10.6. The molecule has 0 spiro atoms. The lowest BCUT2D eigenvalue weighted by Gasteiger charge is -2.19. The maximum Gasteiger partial charge on any atom is 0.325 e. The number of pyridine rings is 1. The number of fused-ring (bicyclic) bond motifs is 2. The summed E-state index contributed by atoms with van der Waals surface area (Å²) in [5.74, 6) is 0.189. The first-order chi connectivity index (χ1) is 13.7. The van der Waals surface area contributed by atoms with Crippen LogP contribution in [0, 0.1) is 5.82 Å². The van der Waals surface area contributed by atoms with E-state index >= 15 is 0 Å². The molecule has 0 amide bonds. The quantitative estimate of drug-likeness (QED) is 0.575. The van der Waals surface area contributed by atoms with Gasteiger partial charge < -0.3 is 14.7 Å². The number of halogens is 1. The second-order valence-electron chi connectivity index (χ2n) is 6.49. The number of ether oxygens (including phenoxy) is 1. The van der Waals surface area contributed by atoms with Crippen LogP contribution >= 0.6 is 0 Å². The van der Waals surface area contributed by atoms with Gasteiger partial charge in [0.05, 0.1) is 17.1 Å². The van der Waals surface area contributed by atoms with Crippen LogP contribution in [0.15, 0.2) is 60.9 Å². The largest absolute Gasteiger partial charge is 0.493 e. The molecule has 1 N–H and O–H groups in total. The minimum absolute atomic E-state index is 0.0614. The smallest absolute Gasteiger partial charge is 0.325 e. The number of rotatable bonds is 3. The van der Waals surface area contributed by atoms with E-state index < -0.39 is 0 Å². The van der Waals surface area contributed by atoms with Crippen LogP contribution in [-0.2, 0) is 6.42 Å². The molecular weight excluding hydrogens is 359 g/mol. The number of aromatic nitrogens is 3. The second kappa shape index (κ2) is 6.45. The maximum atomic E-state index is 13.2. The Hall–Kier alpha value is -3.74. The highest BCUT2D eigenvalue weighted by atomic mass is 19.1. The summed E-state index contributed by atoms with van der Waals surface area (Å²) < 4.78 is 19.0. The SMILES string of the molecule is Oc1nc(Oc2ccc3c(c2)CCN3c2ccc(F)cc2)nc2cnccc12. The van der Waals surface area contributed by atoms with Crippen molar-refractivity contribution in [1.82, 2.24) is 15.0 Å². The van der Waals surface area contributed by atoms with Crippen LogP contribution in [0.3, 0.4) is 0 Å². The fourth-order valence-electron chi connectivity index (χ4n) is 3.43. The molecular formula is C21H15FN4O2. The Morgan fingerprint density at radius 3 is 2.75 bits per heavy atom. The fraction of sp³-hybridized carbons (Fsp3) is 0.0952. The third kappa shape index (κ3) is 2.87. The van der Waals surface area contributed by atoms with Crippen LogP contribution in [0.2, 0.25) is 0 Å². The lowest BCUT2D eigenvalue weighted by Crippen LogP contribution is -2.12. The molecule has 138 valence electrons. The van der Waals surface area contributed by atoms with Crippen molar-refractivity contribution < 1.29 is 14.2 Å². The predicted molar refractivity (Wildman–Crippen MR) is 103 cm³/mol. The monoisotopic (exact) mass is 374 g/mol. The van der Waals surface area contributed by atoms with Crippen molar-refractivity contribution in [2.45, 2.75) is 6.42 Å². The summed E-state index contributed by atoms with van der Waals surface area (Å²) in [6.07, 6.45) is 3.96. The molecule has 0 atom stereocenters. The molecule has 0 aliphatic carbocycles. The first-order valence-corrected chi connectivity index (χ1v) is 8.82. The molecule has 2 aromatic heterocycles. The molecule has 1 aliphatic heterocycles. The number of anilines is 2. The highest BCUT2D eigenvalue weighted by Gasteiger charge is 2.21. The number of hydrogen-bond acceptors (Lipinski definition) is 6. The third-order valence-corrected chi connectivity index (χ3v) is 4.75. The average molecular weight is 374 g/mol. The molecule has 0 unspecified atom stereocenters. The van der Waals surface area contributed by atoms with Crippen LogP contribution in [0.1, 0.15) is 5.56 Å². The molecule has 4 aromatic rings. The fourth-order valence-corrected chi connectivity index (χ4v) is 3.43. The zero-order valence-corrected chi connectivity index (χ0v) is 14.7. The van der Waals surface area contributed by atoms with Gasteiger partial charge in [0.2, 0.25) is 5.88 Å². The second-order valence-corrected chi connectivity index (χ2v) is 6.49. The highest BCUT2D eigenvalue weighted by molar-refractivity contribution is 5.82. The minimum Gasteiger partial charge on any atom is -0.493 e. The normalized spacial score (nSPS) is 13.0. The summed E-state index contributed by atoms with van der Waals surface area (Å²) >= 11 is 0. The summed E-state index contributed by atoms with van der Waals surface area (Å²) in [4.78, 5) is 14.5. The van der Waals surface area contributed by atoms with E-state index in [2.05, 4.69) is 19.9 Å². The molecule has 2 aromatic carbocycles. The van der Waals surface area contributed by atoms with Gasteiger partial charge >= 0.3 is 6.01 Å². The number of aromatic hydroxyl groups is 1. The molecule has 28 heavy (non-hydrogen) atoms. The van der Waals surface area contributed by atoms with Gasteiger partial charge in [-0.15, -0.1) is 0 Å². The Morgan fingerprint density at radius 1 is 1.04 bits per heavy atom. The van der Waals surface area contributed by atoms with Crippen molar-refractivity contribution in [2.24, 2.45) is 0 Å². The Morgan fingerprint density at radius 2 is 1.89 bits per heavy atom. The first-order valence-electron chi connectivity index (χ1n) is 8.82. The lowest BCUT2D eigenvalue weighted by molar-refractivity contribution is 0.412. The summed E-state index contributed by atoms with van der Waals surface area (Å²) in [6.45, 7) is 0.809. The highest BCUT2D eigenvalue weighted by Crippen LogP contribution is 2.37. The zero-order valence-electron chi connectivity index (χ0n) is 14.7. The summed E-state index contributed by atoms with van der Waals surface area (Å²) in [7, 11) is 0.